The van der Waals surface area contributed by atoms with Crippen molar-refractivity contribution in [3.8, 4) is 11.3 Å². The van der Waals surface area contributed by atoms with Crippen molar-refractivity contribution in [2.45, 2.75) is 45.0 Å². The van der Waals surface area contributed by atoms with Gasteiger partial charge in [-0.05, 0) is 31.9 Å². The summed E-state index contributed by atoms with van der Waals surface area (Å²) in [5.41, 5.74) is 3.30. The van der Waals surface area contributed by atoms with Gasteiger partial charge in [0.25, 0.3) is 0 Å². The molecule has 0 spiro atoms. The maximum Gasteiger partial charge on any atom is 0.248 e. The molecule has 1 saturated carbocycles. The molecule has 0 aliphatic heterocycles. The zero-order valence-electron chi connectivity index (χ0n) is 16.0. The molecule has 0 atom stereocenters. The molecule has 0 radical (unpaired) electrons. The topological polar surface area (TPSA) is 60.7 Å². The molecule has 28 heavy (non-hydrogen) atoms. The molecule has 5 nitrogen and oxygen atoms in total. The Labute approximate surface area is 161 Å². The number of Topliss-reactive ketones (excluding diaryl/α,β-unsaturated/α-hetero) is 1. The van der Waals surface area contributed by atoms with Gasteiger partial charge in [0.2, 0.25) is 5.92 Å². The summed E-state index contributed by atoms with van der Waals surface area (Å²) in [6.45, 7) is 1.94. The van der Waals surface area contributed by atoms with Crippen LogP contribution in [0.1, 0.15) is 37.2 Å². The lowest BCUT2D eigenvalue weighted by Gasteiger charge is -2.27. The fraction of sp³-hybridized carbons (Fsp3) is 0.429. The summed E-state index contributed by atoms with van der Waals surface area (Å²) in [4.78, 5) is 25.7. The fourth-order valence-electron chi connectivity index (χ4n) is 3.77. The van der Waals surface area contributed by atoms with Gasteiger partial charge in [-0.3, -0.25) is 14.8 Å². The minimum Gasteiger partial charge on any atom is -0.331 e. The predicted molar refractivity (Wildman–Crippen MR) is 102 cm³/mol. The van der Waals surface area contributed by atoms with Crippen LogP contribution < -0.4 is 0 Å². The number of pyridine rings is 2. The molecule has 1 fully saturated rings. The highest BCUT2D eigenvalue weighted by molar-refractivity contribution is 5.86. The van der Waals surface area contributed by atoms with Gasteiger partial charge in [0.15, 0.2) is 0 Å². The van der Waals surface area contributed by atoms with Crippen molar-refractivity contribution in [3.63, 3.8) is 0 Å². The first kappa shape index (κ1) is 18.7. The highest BCUT2D eigenvalue weighted by atomic mass is 19.3. The van der Waals surface area contributed by atoms with Crippen LogP contribution in [0.2, 0.25) is 0 Å². The number of halogens is 2. The van der Waals surface area contributed by atoms with Crippen LogP contribution in [0.25, 0.3) is 22.2 Å². The van der Waals surface area contributed by atoms with Crippen LogP contribution in [-0.4, -0.2) is 31.2 Å². The highest BCUT2D eigenvalue weighted by Gasteiger charge is 2.37. The van der Waals surface area contributed by atoms with Gasteiger partial charge >= 0.3 is 0 Å². The molecule has 3 aromatic rings. The number of hydrogen-bond acceptors (Lipinski definition) is 4. The van der Waals surface area contributed by atoms with Gasteiger partial charge < -0.3 is 4.57 Å². The third kappa shape index (κ3) is 3.66. The number of imidazole rings is 1. The van der Waals surface area contributed by atoms with E-state index in [1.807, 2.05) is 36.9 Å². The van der Waals surface area contributed by atoms with E-state index in [1.54, 1.807) is 12.4 Å². The summed E-state index contributed by atoms with van der Waals surface area (Å²) in [6, 6.07) is 3.87. The smallest absolute Gasteiger partial charge is 0.248 e. The second-order valence-electron chi connectivity index (χ2n) is 7.62. The maximum atomic E-state index is 13.3. The Hall–Kier alpha value is -2.70. The van der Waals surface area contributed by atoms with E-state index in [-0.39, 0.29) is 43.8 Å². The first-order valence-corrected chi connectivity index (χ1v) is 9.46. The third-order valence-electron chi connectivity index (χ3n) is 5.67. The van der Waals surface area contributed by atoms with Crippen molar-refractivity contribution >= 4 is 16.7 Å². The van der Waals surface area contributed by atoms with E-state index in [0.29, 0.717) is 5.69 Å². The average Bonchev–Trinajstić information content (AvgIpc) is 3.00. The Morgan fingerprint density at radius 3 is 2.57 bits per heavy atom. The van der Waals surface area contributed by atoms with E-state index in [9.17, 15) is 13.6 Å². The number of aryl methyl sites for hydroxylation is 1. The largest absolute Gasteiger partial charge is 0.331 e. The Morgan fingerprint density at radius 2 is 1.89 bits per heavy atom. The van der Waals surface area contributed by atoms with Crippen molar-refractivity contribution < 1.29 is 13.6 Å². The number of nitrogens with zero attached hydrogens (tertiary/aromatic N) is 4. The summed E-state index contributed by atoms with van der Waals surface area (Å²) >= 11 is 0. The number of hydrogen-bond donors (Lipinski definition) is 0. The Bertz CT molecular complexity index is 1030. The second-order valence-corrected chi connectivity index (χ2v) is 7.62. The zero-order valence-corrected chi connectivity index (χ0v) is 16.0. The van der Waals surface area contributed by atoms with Crippen molar-refractivity contribution in [1.29, 1.82) is 0 Å². The van der Waals surface area contributed by atoms with Gasteiger partial charge in [0.1, 0.15) is 11.6 Å². The van der Waals surface area contributed by atoms with E-state index >= 15 is 0 Å². The van der Waals surface area contributed by atoms with Crippen LogP contribution in [-0.2, 0) is 18.3 Å². The van der Waals surface area contributed by atoms with Gasteiger partial charge in [-0.1, -0.05) is 0 Å². The van der Waals surface area contributed by atoms with Gasteiger partial charge in [-0.25, -0.2) is 13.8 Å². The number of carbonyl (C=O) groups excluding carboxylic acids is 1. The standard InChI is InChI=1S/C21H22F2N4O/c1-13-24-12-19(27(13)2)16-7-15-8-17(25-11-18(15)26-10-16)9-20(28)14-3-5-21(22,23)6-4-14/h7-8,10-12,14H,3-6,9H2,1-2H3. The normalized spacial score (nSPS) is 17.1. The average molecular weight is 384 g/mol. The molecule has 3 aromatic heterocycles. The van der Waals surface area contributed by atoms with Crippen LogP contribution in [0, 0.1) is 12.8 Å². The predicted octanol–water partition coefficient (Wildman–Crippen LogP) is 4.28. The SMILES string of the molecule is Cc1ncc(-c2cnc3cnc(CC(=O)C4CCC(F)(F)CC4)cc3c2)n1C. The third-order valence-corrected chi connectivity index (χ3v) is 5.67. The molecule has 0 saturated heterocycles. The monoisotopic (exact) mass is 384 g/mol. The summed E-state index contributed by atoms with van der Waals surface area (Å²) in [7, 11) is 1.95. The number of aromatic nitrogens is 4. The number of alkyl halides is 2. The van der Waals surface area contributed by atoms with E-state index in [4.69, 9.17) is 0 Å². The number of fused-ring (bicyclic) bond motifs is 1. The molecule has 1 aliphatic carbocycles. The van der Waals surface area contributed by atoms with Crippen molar-refractivity contribution in [2.75, 3.05) is 0 Å². The van der Waals surface area contributed by atoms with Crippen LogP contribution in [0.3, 0.4) is 0 Å². The van der Waals surface area contributed by atoms with E-state index in [1.165, 1.54) is 0 Å². The van der Waals surface area contributed by atoms with Crippen LogP contribution in [0.15, 0.2) is 30.7 Å². The summed E-state index contributed by atoms with van der Waals surface area (Å²) in [6.07, 6.45) is 5.52. The lowest BCUT2D eigenvalue weighted by Crippen LogP contribution is -2.29. The summed E-state index contributed by atoms with van der Waals surface area (Å²) < 4.78 is 28.6. The first-order chi connectivity index (χ1) is 13.3. The Morgan fingerprint density at radius 1 is 1.14 bits per heavy atom. The van der Waals surface area contributed by atoms with Crippen LogP contribution in [0.4, 0.5) is 8.78 Å². The van der Waals surface area contributed by atoms with Gasteiger partial charge in [-0.15, -0.1) is 0 Å². The van der Waals surface area contributed by atoms with E-state index < -0.39 is 5.92 Å². The van der Waals surface area contributed by atoms with Crippen LogP contribution >= 0.6 is 0 Å². The molecule has 0 amide bonds. The van der Waals surface area contributed by atoms with Crippen molar-refractivity contribution in [2.24, 2.45) is 13.0 Å². The minimum atomic E-state index is -2.62. The molecular weight excluding hydrogens is 362 g/mol. The fourth-order valence-corrected chi connectivity index (χ4v) is 3.77. The summed E-state index contributed by atoms with van der Waals surface area (Å²) in [5.74, 6) is -2.01. The first-order valence-electron chi connectivity index (χ1n) is 9.46. The lowest BCUT2D eigenvalue weighted by atomic mass is 9.83. The minimum absolute atomic E-state index is 0.00581. The molecule has 146 valence electrons. The lowest BCUT2D eigenvalue weighted by molar-refractivity contribution is -0.126. The van der Waals surface area contributed by atoms with Gasteiger partial charge in [-0.2, -0.15) is 0 Å². The Kier molecular flexibility index (Phi) is 4.69. The zero-order chi connectivity index (χ0) is 19.9. The molecule has 7 heteroatoms. The van der Waals surface area contributed by atoms with Crippen molar-refractivity contribution in [3.05, 3.63) is 42.2 Å². The van der Waals surface area contributed by atoms with Gasteiger partial charge in [0, 0.05) is 55.1 Å². The molecule has 0 bridgehead atoms. The van der Waals surface area contributed by atoms with E-state index in [2.05, 4.69) is 15.0 Å². The molecule has 0 N–H and O–H groups in total. The van der Waals surface area contributed by atoms with Gasteiger partial charge in [0.05, 0.1) is 23.6 Å². The maximum absolute atomic E-state index is 13.3. The van der Waals surface area contributed by atoms with Crippen molar-refractivity contribution in [1.82, 2.24) is 19.5 Å². The quantitative estimate of drug-likeness (QED) is 0.674. The molecule has 4 rings (SSSR count). The number of ketones is 1. The molecule has 3 heterocycles. The van der Waals surface area contributed by atoms with Crippen LogP contribution in [0.5, 0.6) is 0 Å². The molecule has 0 unspecified atom stereocenters. The second kappa shape index (κ2) is 7.04. The highest BCUT2D eigenvalue weighted by Crippen LogP contribution is 2.36. The van der Waals surface area contributed by atoms with E-state index in [0.717, 1.165) is 28.0 Å². The summed E-state index contributed by atoms with van der Waals surface area (Å²) in [5, 5.41) is 0.893. The Balaban J connectivity index is 1.55. The molecule has 0 aromatic carbocycles. The molecule has 1 aliphatic rings. The number of rotatable bonds is 4. The molecular formula is C21H22F2N4O. The number of carbonyl (C=O) groups is 1.